The number of nitrogens with zero attached hydrogens (tertiary/aromatic N) is 5. The number of rotatable bonds is 8. The Bertz CT molecular complexity index is 895. The number of aromatic nitrogens is 4. The molecule has 28 heavy (non-hydrogen) atoms. The Morgan fingerprint density at radius 2 is 1.86 bits per heavy atom. The van der Waals surface area contributed by atoms with Gasteiger partial charge in [-0.3, -0.25) is 4.79 Å². The summed E-state index contributed by atoms with van der Waals surface area (Å²) in [5.41, 5.74) is 3.06. The van der Waals surface area contributed by atoms with Gasteiger partial charge in [0.05, 0.1) is 10.9 Å². The summed E-state index contributed by atoms with van der Waals surface area (Å²) in [6.07, 6.45) is 3.43. The van der Waals surface area contributed by atoms with E-state index in [1.807, 2.05) is 49.4 Å². The summed E-state index contributed by atoms with van der Waals surface area (Å²) in [7, 11) is 1.78. The van der Waals surface area contributed by atoms with Crippen LogP contribution in [0.4, 0.5) is 5.69 Å². The number of carbonyl (C=O) groups is 1. The molecule has 1 amide bonds. The third kappa shape index (κ3) is 4.78. The molecule has 3 rings (SSSR count). The zero-order valence-corrected chi connectivity index (χ0v) is 17.3. The third-order valence-electron chi connectivity index (χ3n) is 4.54. The number of para-hydroxylation sites is 1. The predicted molar refractivity (Wildman–Crippen MR) is 113 cm³/mol. The summed E-state index contributed by atoms with van der Waals surface area (Å²) in [5.74, 6) is 0.000614. The van der Waals surface area contributed by atoms with Crippen molar-refractivity contribution in [2.45, 2.75) is 43.5 Å². The van der Waals surface area contributed by atoms with Crippen molar-refractivity contribution in [3.63, 3.8) is 0 Å². The van der Waals surface area contributed by atoms with Gasteiger partial charge in [0, 0.05) is 12.7 Å². The minimum atomic E-state index is -0.321. The van der Waals surface area contributed by atoms with Crippen LogP contribution >= 0.6 is 11.8 Å². The molecule has 0 aliphatic carbocycles. The molecule has 1 heterocycles. The van der Waals surface area contributed by atoms with E-state index in [9.17, 15) is 4.79 Å². The fourth-order valence-electron chi connectivity index (χ4n) is 2.86. The second-order valence-corrected chi connectivity index (χ2v) is 7.94. The van der Waals surface area contributed by atoms with Crippen molar-refractivity contribution >= 4 is 23.4 Å². The van der Waals surface area contributed by atoms with E-state index in [0.29, 0.717) is 5.16 Å². The van der Waals surface area contributed by atoms with Crippen LogP contribution in [-0.4, -0.2) is 38.4 Å². The largest absolute Gasteiger partial charge is 0.315 e. The molecule has 1 unspecified atom stereocenters. The molecule has 6 nitrogen and oxygen atoms in total. The summed E-state index contributed by atoms with van der Waals surface area (Å²) < 4.78 is 1.68. The first kappa shape index (κ1) is 20.1. The van der Waals surface area contributed by atoms with Crippen molar-refractivity contribution in [3.05, 3.63) is 60.2 Å². The number of benzene rings is 2. The Morgan fingerprint density at radius 1 is 1.14 bits per heavy atom. The summed E-state index contributed by atoms with van der Waals surface area (Å²) in [5, 5.41) is 12.3. The van der Waals surface area contributed by atoms with Crippen LogP contribution in [0.15, 0.2) is 59.8 Å². The highest BCUT2D eigenvalue weighted by Gasteiger charge is 2.23. The minimum absolute atomic E-state index is 0.000614. The molecule has 1 aromatic heterocycles. The number of hydrogen-bond acceptors (Lipinski definition) is 5. The lowest BCUT2D eigenvalue weighted by atomic mass is 10.1. The lowest BCUT2D eigenvalue weighted by Gasteiger charge is -2.20. The van der Waals surface area contributed by atoms with Crippen LogP contribution in [-0.2, 0) is 11.2 Å². The summed E-state index contributed by atoms with van der Waals surface area (Å²) in [6.45, 7) is 4.07. The van der Waals surface area contributed by atoms with Gasteiger partial charge in [0.2, 0.25) is 11.1 Å². The maximum absolute atomic E-state index is 12.8. The molecule has 0 spiro atoms. The van der Waals surface area contributed by atoms with E-state index in [1.165, 1.54) is 30.2 Å². The van der Waals surface area contributed by atoms with Gasteiger partial charge in [0.1, 0.15) is 0 Å². The van der Waals surface area contributed by atoms with Crippen LogP contribution in [0.5, 0.6) is 0 Å². The molecule has 0 N–H and O–H groups in total. The molecule has 146 valence electrons. The van der Waals surface area contributed by atoms with E-state index in [2.05, 4.69) is 34.6 Å². The van der Waals surface area contributed by atoms with Crippen LogP contribution in [0.25, 0.3) is 5.69 Å². The number of tetrazole rings is 1. The van der Waals surface area contributed by atoms with Crippen molar-refractivity contribution in [2.75, 3.05) is 11.9 Å². The number of anilines is 1. The zero-order valence-electron chi connectivity index (χ0n) is 16.4. The topological polar surface area (TPSA) is 63.9 Å². The highest BCUT2D eigenvalue weighted by atomic mass is 32.2. The normalized spacial score (nSPS) is 12.0. The highest BCUT2D eigenvalue weighted by molar-refractivity contribution is 8.00. The first-order valence-corrected chi connectivity index (χ1v) is 10.3. The fraction of sp³-hybridized carbons (Fsp3) is 0.333. The van der Waals surface area contributed by atoms with E-state index >= 15 is 0 Å². The second-order valence-electron chi connectivity index (χ2n) is 6.64. The summed E-state index contributed by atoms with van der Waals surface area (Å²) >= 11 is 1.36. The Hall–Kier alpha value is -2.67. The van der Waals surface area contributed by atoms with E-state index in [4.69, 9.17) is 0 Å². The Balaban J connectivity index is 1.70. The van der Waals surface area contributed by atoms with Gasteiger partial charge in [-0.1, -0.05) is 55.4 Å². The van der Waals surface area contributed by atoms with Crippen LogP contribution in [0.2, 0.25) is 0 Å². The first-order valence-electron chi connectivity index (χ1n) is 9.47. The molecule has 7 heteroatoms. The molecule has 2 aromatic carbocycles. The predicted octanol–water partition coefficient (Wildman–Crippen LogP) is 4.15. The van der Waals surface area contributed by atoms with Crippen LogP contribution in [0.1, 0.15) is 32.3 Å². The quantitative estimate of drug-likeness (QED) is 0.536. The molecule has 0 radical (unpaired) electrons. The number of thioether (sulfide) groups is 1. The van der Waals surface area contributed by atoms with Crippen molar-refractivity contribution in [3.8, 4) is 5.69 Å². The van der Waals surface area contributed by atoms with Crippen LogP contribution < -0.4 is 4.90 Å². The van der Waals surface area contributed by atoms with Gasteiger partial charge in [-0.05, 0) is 60.0 Å². The monoisotopic (exact) mass is 395 g/mol. The third-order valence-corrected chi connectivity index (χ3v) is 5.57. The molecule has 0 aliphatic rings. The molecule has 0 aliphatic heterocycles. The summed E-state index contributed by atoms with van der Waals surface area (Å²) in [6, 6.07) is 17.9. The Labute approximate surface area is 169 Å². The van der Waals surface area contributed by atoms with Crippen molar-refractivity contribution < 1.29 is 4.79 Å². The lowest BCUT2D eigenvalue weighted by Crippen LogP contribution is -2.33. The van der Waals surface area contributed by atoms with Gasteiger partial charge in [-0.2, -0.15) is 4.68 Å². The van der Waals surface area contributed by atoms with E-state index in [0.717, 1.165) is 17.8 Å². The minimum Gasteiger partial charge on any atom is -0.315 e. The average molecular weight is 396 g/mol. The van der Waals surface area contributed by atoms with E-state index in [1.54, 1.807) is 16.6 Å². The SMILES string of the molecule is CCCCc1ccc(-n2nnnc2SC(C)C(=O)N(C)c2ccccc2)cc1. The number of carbonyl (C=O) groups excluding carboxylic acids is 1. The fourth-order valence-corrected chi connectivity index (χ4v) is 3.76. The van der Waals surface area contributed by atoms with E-state index < -0.39 is 0 Å². The number of unbranched alkanes of at least 4 members (excludes halogenated alkanes) is 1. The Kier molecular flexibility index (Phi) is 6.81. The van der Waals surface area contributed by atoms with Gasteiger partial charge < -0.3 is 4.90 Å². The van der Waals surface area contributed by atoms with Gasteiger partial charge in [-0.15, -0.1) is 5.10 Å². The van der Waals surface area contributed by atoms with Gasteiger partial charge in [0.25, 0.3) is 0 Å². The average Bonchev–Trinajstić information content (AvgIpc) is 3.20. The number of amides is 1. The number of aryl methyl sites for hydroxylation is 1. The van der Waals surface area contributed by atoms with Crippen LogP contribution in [0.3, 0.4) is 0 Å². The van der Waals surface area contributed by atoms with Gasteiger partial charge >= 0.3 is 0 Å². The van der Waals surface area contributed by atoms with Gasteiger partial charge in [0.15, 0.2) is 0 Å². The molecule has 0 fully saturated rings. The van der Waals surface area contributed by atoms with Crippen molar-refractivity contribution in [1.29, 1.82) is 0 Å². The van der Waals surface area contributed by atoms with Gasteiger partial charge in [-0.25, -0.2) is 0 Å². The van der Waals surface area contributed by atoms with Crippen molar-refractivity contribution in [2.24, 2.45) is 0 Å². The molecular formula is C21H25N5OS. The van der Waals surface area contributed by atoms with Crippen molar-refractivity contribution in [1.82, 2.24) is 20.2 Å². The molecule has 0 bridgehead atoms. The van der Waals surface area contributed by atoms with E-state index in [-0.39, 0.29) is 11.2 Å². The molecule has 3 aromatic rings. The number of hydrogen-bond donors (Lipinski definition) is 0. The molecule has 1 atom stereocenters. The second kappa shape index (κ2) is 9.50. The van der Waals surface area contributed by atoms with Crippen LogP contribution in [0, 0.1) is 0 Å². The highest BCUT2D eigenvalue weighted by Crippen LogP contribution is 2.25. The first-order chi connectivity index (χ1) is 13.6. The molecule has 0 saturated carbocycles. The summed E-state index contributed by atoms with van der Waals surface area (Å²) in [4.78, 5) is 14.5. The Morgan fingerprint density at radius 3 is 2.54 bits per heavy atom. The lowest BCUT2D eigenvalue weighted by molar-refractivity contribution is -0.117. The maximum atomic E-state index is 12.8. The molecule has 0 saturated heterocycles. The zero-order chi connectivity index (χ0) is 19.9. The smallest absolute Gasteiger partial charge is 0.240 e. The molecular weight excluding hydrogens is 370 g/mol. The standard InChI is InChI=1S/C21H25N5OS/c1-4-5-9-17-12-14-19(15-13-17)26-21(22-23-24-26)28-16(2)20(27)25(3)18-10-7-6-8-11-18/h6-8,10-16H,4-5,9H2,1-3H3. The maximum Gasteiger partial charge on any atom is 0.240 e.